The first-order valence-corrected chi connectivity index (χ1v) is 20.6. The van der Waals surface area contributed by atoms with Crippen LogP contribution >= 0.6 is 34.7 Å². The van der Waals surface area contributed by atoms with Gasteiger partial charge in [0.1, 0.15) is 0 Å². The Morgan fingerprint density at radius 2 is 1.80 bits per heavy atom. The largest absolute Gasteiger partial charge is 0.378 e. The second-order valence-electron chi connectivity index (χ2n) is 12.9. The normalized spacial score (nSPS) is 11.3. The number of anilines is 1. The van der Waals surface area contributed by atoms with E-state index in [1.165, 1.54) is 27.4 Å². The monoisotopic (exact) mass is 791 g/mol. The third-order valence-corrected chi connectivity index (χ3v) is 11.2. The van der Waals surface area contributed by atoms with Gasteiger partial charge < -0.3 is 25.3 Å². The number of carbonyl (C=O) groups is 1. The summed E-state index contributed by atoms with van der Waals surface area (Å²) in [6.45, 7) is 8.13. The van der Waals surface area contributed by atoms with Crippen molar-refractivity contribution in [1.82, 2.24) is 40.2 Å². The van der Waals surface area contributed by atoms with Crippen LogP contribution in [-0.2, 0) is 29.2 Å². The summed E-state index contributed by atoms with van der Waals surface area (Å²) in [5.74, 6) is 6.90. The molecule has 0 spiro atoms. The second kappa shape index (κ2) is 18.1. The number of thioether (sulfide) groups is 1. The van der Waals surface area contributed by atoms with Gasteiger partial charge in [-0.15, -0.1) is 16.4 Å². The molecule has 0 radical (unpaired) electrons. The Hall–Kier alpha value is -4.97. The topological polar surface area (TPSA) is 124 Å². The number of carbonyl (C=O) groups excluding carboxylic acids is 1. The minimum Gasteiger partial charge on any atom is -0.378 e. The molecule has 7 aromatic rings. The molecule has 0 aliphatic heterocycles. The Labute approximate surface area is 333 Å². The molecule has 11 nitrogen and oxygen atoms in total. The number of halogens is 1. The summed E-state index contributed by atoms with van der Waals surface area (Å²) in [5.41, 5.74) is 7.97. The average Bonchev–Trinajstić information content (AvgIpc) is 3.92. The lowest BCUT2D eigenvalue weighted by atomic mass is 10.1. The number of ether oxygens (including phenoxy) is 1. The zero-order valence-electron chi connectivity index (χ0n) is 31.0. The van der Waals surface area contributed by atoms with E-state index in [1.54, 1.807) is 27.8 Å². The minimum atomic E-state index is -0.344. The van der Waals surface area contributed by atoms with Crippen molar-refractivity contribution in [2.75, 3.05) is 44.4 Å². The molecular weight excluding hydrogens is 750 g/mol. The molecule has 14 heteroatoms. The maximum Gasteiger partial charge on any atom is 0.296 e. The lowest BCUT2D eigenvalue weighted by Gasteiger charge is -2.09. The van der Waals surface area contributed by atoms with E-state index in [4.69, 9.17) is 26.3 Å². The fourth-order valence-electron chi connectivity index (χ4n) is 6.35. The van der Waals surface area contributed by atoms with Gasteiger partial charge in [-0.2, -0.15) is 0 Å². The summed E-state index contributed by atoms with van der Waals surface area (Å²) in [6.07, 6.45) is 1.00. The van der Waals surface area contributed by atoms with Crippen LogP contribution in [0.5, 0.6) is 0 Å². The van der Waals surface area contributed by atoms with Gasteiger partial charge in [-0.3, -0.25) is 4.79 Å². The summed E-state index contributed by atoms with van der Waals surface area (Å²) >= 11 is 9.29. The number of aryl methyl sites for hydroxylation is 1. The third kappa shape index (κ3) is 9.12. The second-order valence-corrected chi connectivity index (χ2v) is 15.3. The van der Waals surface area contributed by atoms with Crippen molar-refractivity contribution < 1.29 is 9.53 Å². The molecule has 0 fully saturated rings. The minimum absolute atomic E-state index is 0.344. The maximum absolute atomic E-state index is 12.5. The standard InChI is InChI=1S/C41H42ClN9O2S2/c1-4-20-54-41-46-39(38-40(47-41)51(49-48-38)25-27-6-11-31(42)12-7-27)45-17-19-53-18-16-44-37(52)15-9-29-22-36(55-26-29)30-10-13-32-33-21-28(24-43-3)8-14-34(33)50(5-2)35(32)23-30/h6-8,10-14,21-23,26,43H,4-5,16-20,24-25H2,1-3H3,(H,44,52)(H,45,46,47). The van der Waals surface area contributed by atoms with Gasteiger partial charge in [0.05, 0.1) is 19.8 Å². The smallest absolute Gasteiger partial charge is 0.296 e. The van der Waals surface area contributed by atoms with Crippen LogP contribution in [-0.4, -0.2) is 74.5 Å². The average molecular weight is 792 g/mol. The summed E-state index contributed by atoms with van der Waals surface area (Å²) in [4.78, 5) is 23.1. The lowest BCUT2D eigenvalue weighted by Crippen LogP contribution is -2.26. The highest BCUT2D eigenvalue weighted by Gasteiger charge is 2.16. The first kappa shape index (κ1) is 38.3. The lowest BCUT2D eigenvalue weighted by molar-refractivity contribution is -0.115. The van der Waals surface area contributed by atoms with Crippen molar-refractivity contribution in [1.29, 1.82) is 0 Å². The van der Waals surface area contributed by atoms with Crippen LogP contribution in [0.3, 0.4) is 0 Å². The van der Waals surface area contributed by atoms with Gasteiger partial charge in [0.25, 0.3) is 5.91 Å². The molecule has 55 heavy (non-hydrogen) atoms. The van der Waals surface area contributed by atoms with Gasteiger partial charge in [0.15, 0.2) is 22.1 Å². The van der Waals surface area contributed by atoms with Gasteiger partial charge in [0.2, 0.25) is 0 Å². The number of benzene rings is 3. The SMILES string of the molecule is CCCSc1nc(NCCOCCNC(=O)C#Cc2csc(-c3ccc4c5cc(CNC)ccc5n(CC)c4c3)c2)c2nnn(Cc3ccc(Cl)cc3)c2n1. The first-order valence-electron chi connectivity index (χ1n) is 18.3. The summed E-state index contributed by atoms with van der Waals surface area (Å²) in [7, 11) is 1.97. The zero-order valence-corrected chi connectivity index (χ0v) is 33.4. The van der Waals surface area contributed by atoms with Crippen LogP contribution < -0.4 is 16.0 Å². The van der Waals surface area contributed by atoms with Gasteiger partial charge in [-0.05, 0) is 73.5 Å². The molecule has 3 N–H and O–H groups in total. The number of hydrogen-bond acceptors (Lipinski definition) is 10. The Morgan fingerprint density at radius 1 is 0.964 bits per heavy atom. The highest BCUT2D eigenvalue weighted by Crippen LogP contribution is 2.35. The predicted octanol–water partition coefficient (Wildman–Crippen LogP) is 7.60. The van der Waals surface area contributed by atoms with E-state index >= 15 is 0 Å². The molecule has 1 amide bonds. The number of amides is 1. The Balaban J connectivity index is 0.899. The molecule has 282 valence electrons. The van der Waals surface area contributed by atoms with Crippen molar-refractivity contribution in [3.8, 4) is 22.3 Å². The molecule has 0 saturated carbocycles. The molecule has 4 heterocycles. The highest BCUT2D eigenvalue weighted by molar-refractivity contribution is 7.99. The third-order valence-electron chi connectivity index (χ3n) is 8.93. The van der Waals surface area contributed by atoms with Crippen molar-refractivity contribution in [2.45, 2.75) is 45.1 Å². The number of fused-ring (bicyclic) bond motifs is 4. The van der Waals surface area contributed by atoms with Crippen LogP contribution in [0.15, 0.2) is 77.3 Å². The Kier molecular flexibility index (Phi) is 12.6. The Bertz CT molecular complexity index is 2500. The maximum atomic E-state index is 12.5. The molecule has 3 aromatic carbocycles. The van der Waals surface area contributed by atoms with Gasteiger partial charge >= 0.3 is 0 Å². The van der Waals surface area contributed by atoms with Crippen LogP contribution in [0.2, 0.25) is 5.02 Å². The quantitative estimate of drug-likeness (QED) is 0.0393. The number of rotatable bonds is 16. The molecule has 0 aliphatic rings. The first-order chi connectivity index (χ1) is 26.9. The van der Waals surface area contributed by atoms with E-state index < -0.39 is 0 Å². The molecule has 0 aliphatic carbocycles. The van der Waals surface area contributed by atoms with Gasteiger partial charge in [-0.1, -0.05) is 71.8 Å². The van der Waals surface area contributed by atoms with Crippen LogP contribution in [0.1, 0.15) is 37.0 Å². The number of nitrogens with one attached hydrogen (secondary N) is 3. The van der Waals surface area contributed by atoms with E-state index in [0.29, 0.717) is 60.0 Å². The number of thiophene rings is 1. The highest BCUT2D eigenvalue weighted by atomic mass is 35.5. The van der Waals surface area contributed by atoms with E-state index in [-0.39, 0.29) is 5.91 Å². The van der Waals surface area contributed by atoms with Gasteiger partial charge in [-0.25, -0.2) is 14.6 Å². The van der Waals surface area contributed by atoms with Crippen molar-refractivity contribution >= 4 is 79.4 Å². The Morgan fingerprint density at radius 3 is 2.62 bits per heavy atom. The molecule has 0 saturated heterocycles. The van der Waals surface area contributed by atoms with E-state index in [9.17, 15) is 4.79 Å². The summed E-state index contributed by atoms with van der Waals surface area (Å²) in [6, 6.07) is 23.0. The van der Waals surface area contributed by atoms with Crippen molar-refractivity contribution in [2.24, 2.45) is 0 Å². The number of aromatic nitrogens is 6. The zero-order chi connectivity index (χ0) is 38.1. The number of hydrogen-bond donors (Lipinski definition) is 3. The fourth-order valence-corrected chi connectivity index (χ4v) is 8.01. The van der Waals surface area contributed by atoms with Crippen molar-refractivity contribution in [3.63, 3.8) is 0 Å². The van der Waals surface area contributed by atoms with Gasteiger partial charge in [0, 0.05) is 80.5 Å². The molecule has 0 atom stereocenters. The van der Waals surface area contributed by atoms with E-state index in [0.717, 1.165) is 46.8 Å². The molecular formula is C41H42ClN9O2S2. The fraction of sp³-hybridized carbons (Fsp3) is 0.293. The van der Waals surface area contributed by atoms with Crippen molar-refractivity contribution in [3.05, 3.63) is 93.8 Å². The van der Waals surface area contributed by atoms with Crippen LogP contribution in [0.4, 0.5) is 5.82 Å². The summed E-state index contributed by atoms with van der Waals surface area (Å²) in [5, 5.41) is 24.0. The molecule has 0 bridgehead atoms. The summed E-state index contributed by atoms with van der Waals surface area (Å²) < 4.78 is 9.92. The predicted molar refractivity (Wildman–Crippen MR) is 225 cm³/mol. The molecule has 7 rings (SSSR count). The van der Waals surface area contributed by atoms with E-state index in [2.05, 4.69) is 92.9 Å². The molecule has 4 aromatic heterocycles. The van der Waals surface area contributed by atoms with Crippen LogP contribution in [0.25, 0.3) is 43.4 Å². The molecule has 0 unspecified atom stereocenters. The van der Waals surface area contributed by atoms with Crippen LogP contribution in [0, 0.1) is 11.8 Å². The van der Waals surface area contributed by atoms with E-state index in [1.807, 2.05) is 42.8 Å². The number of nitrogens with zero attached hydrogens (tertiary/aromatic N) is 6.